The molecule has 0 aliphatic heterocycles. The minimum absolute atomic E-state index is 0.580. The molecule has 0 saturated heterocycles. The lowest BCUT2D eigenvalue weighted by molar-refractivity contribution is 0.292. The smallest absolute Gasteiger partial charge is 0.130 e. The van der Waals surface area contributed by atoms with Crippen LogP contribution in [0.4, 0.5) is 0 Å². The second-order valence-corrected chi connectivity index (χ2v) is 4.33. The van der Waals surface area contributed by atoms with E-state index in [1.165, 1.54) is 5.56 Å². The first-order valence-electron chi connectivity index (χ1n) is 6.54. The van der Waals surface area contributed by atoms with E-state index in [0.29, 0.717) is 6.61 Å². The molecule has 0 spiro atoms. The van der Waals surface area contributed by atoms with Crippen LogP contribution in [-0.4, -0.2) is 9.55 Å². The maximum atomic E-state index is 5.90. The maximum absolute atomic E-state index is 5.90. The van der Waals surface area contributed by atoms with Crippen LogP contribution in [0.1, 0.15) is 31.5 Å². The zero-order valence-corrected chi connectivity index (χ0v) is 11.1. The molecule has 0 unspecified atom stereocenters. The van der Waals surface area contributed by atoms with Gasteiger partial charge in [0.05, 0.1) is 18.2 Å². The maximum Gasteiger partial charge on any atom is 0.130 e. The summed E-state index contributed by atoms with van der Waals surface area (Å²) in [5.74, 6) is 0.976. The molecule has 0 radical (unpaired) electrons. The SMILES string of the molecule is CCCn1cncc1COc1ccccc1CC. The van der Waals surface area contributed by atoms with Gasteiger partial charge in [0.25, 0.3) is 0 Å². The van der Waals surface area contributed by atoms with E-state index >= 15 is 0 Å². The highest BCUT2D eigenvalue weighted by atomic mass is 16.5. The van der Waals surface area contributed by atoms with E-state index < -0.39 is 0 Å². The molecule has 0 bridgehead atoms. The second kappa shape index (κ2) is 6.24. The number of nitrogens with zero attached hydrogens (tertiary/aromatic N) is 2. The molecule has 3 heteroatoms. The summed E-state index contributed by atoms with van der Waals surface area (Å²) in [5.41, 5.74) is 2.38. The Morgan fingerprint density at radius 3 is 2.83 bits per heavy atom. The van der Waals surface area contributed by atoms with E-state index in [1.54, 1.807) is 0 Å². The molecule has 3 nitrogen and oxygen atoms in total. The molecule has 0 aliphatic carbocycles. The van der Waals surface area contributed by atoms with Gasteiger partial charge in [-0.3, -0.25) is 0 Å². The average molecular weight is 244 g/mol. The van der Waals surface area contributed by atoms with Gasteiger partial charge >= 0.3 is 0 Å². The molecule has 0 saturated carbocycles. The number of benzene rings is 1. The molecule has 2 aromatic rings. The van der Waals surface area contributed by atoms with E-state index in [4.69, 9.17) is 4.74 Å². The highest BCUT2D eigenvalue weighted by Crippen LogP contribution is 2.19. The summed E-state index contributed by atoms with van der Waals surface area (Å²) < 4.78 is 8.05. The van der Waals surface area contributed by atoms with Crippen LogP contribution >= 0.6 is 0 Å². The summed E-state index contributed by atoms with van der Waals surface area (Å²) in [4.78, 5) is 4.18. The molecule has 1 aromatic carbocycles. The molecule has 96 valence electrons. The van der Waals surface area contributed by atoms with Crippen LogP contribution in [0.2, 0.25) is 0 Å². The van der Waals surface area contributed by atoms with Gasteiger partial charge in [-0.05, 0) is 24.5 Å². The summed E-state index contributed by atoms with van der Waals surface area (Å²) >= 11 is 0. The number of imidazole rings is 1. The predicted octanol–water partition coefficient (Wildman–Crippen LogP) is 3.43. The third-order valence-corrected chi connectivity index (χ3v) is 2.99. The predicted molar refractivity (Wildman–Crippen MR) is 72.7 cm³/mol. The molecule has 18 heavy (non-hydrogen) atoms. The van der Waals surface area contributed by atoms with Crippen LogP contribution < -0.4 is 4.74 Å². The van der Waals surface area contributed by atoms with Crippen molar-refractivity contribution in [2.24, 2.45) is 0 Å². The standard InChI is InChI=1S/C15H20N2O/c1-3-9-17-12-16-10-14(17)11-18-15-8-6-5-7-13(15)4-2/h5-8,10,12H,3-4,9,11H2,1-2H3. The summed E-state index contributed by atoms with van der Waals surface area (Å²) in [6, 6.07) is 8.20. The van der Waals surface area contributed by atoms with Crippen LogP contribution in [0.3, 0.4) is 0 Å². The summed E-state index contributed by atoms with van der Waals surface area (Å²) in [7, 11) is 0. The van der Waals surface area contributed by atoms with Gasteiger partial charge in [-0.1, -0.05) is 32.0 Å². The van der Waals surface area contributed by atoms with Crippen molar-refractivity contribution in [3.63, 3.8) is 0 Å². The quantitative estimate of drug-likeness (QED) is 0.778. The first kappa shape index (κ1) is 12.7. The minimum Gasteiger partial charge on any atom is -0.487 e. The van der Waals surface area contributed by atoms with Gasteiger partial charge in [0.15, 0.2) is 0 Å². The van der Waals surface area contributed by atoms with Crippen molar-refractivity contribution in [3.8, 4) is 5.75 Å². The molecular weight excluding hydrogens is 224 g/mol. The molecule has 0 fully saturated rings. The van der Waals surface area contributed by atoms with Gasteiger partial charge in [0, 0.05) is 6.54 Å². The van der Waals surface area contributed by atoms with Crippen LogP contribution in [0, 0.1) is 0 Å². The van der Waals surface area contributed by atoms with Crippen molar-refractivity contribution in [3.05, 3.63) is 48.0 Å². The minimum atomic E-state index is 0.580. The molecule has 1 aromatic heterocycles. The van der Waals surface area contributed by atoms with Crippen LogP contribution in [0.25, 0.3) is 0 Å². The highest BCUT2D eigenvalue weighted by molar-refractivity contribution is 5.33. The lowest BCUT2D eigenvalue weighted by Crippen LogP contribution is -2.05. The molecule has 0 N–H and O–H groups in total. The van der Waals surface area contributed by atoms with Gasteiger partial charge in [-0.25, -0.2) is 4.98 Å². The van der Waals surface area contributed by atoms with Crippen molar-refractivity contribution >= 4 is 0 Å². The van der Waals surface area contributed by atoms with Crippen molar-refractivity contribution in [1.82, 2.24) is 9.55 Å². The first-order chi connectivity index (χ1) is 8.85. The average Bonchev–Trinajstić information content (AvgIpc) is 2.84. The Labute approximate surface area is 108 Å². The summed E-state index contributed by atoms with van der Waals surface area (Å²) in [5, 5.41) is 0. The van der Waals surface area contributed by atoms with E-state index in [1.807, 2.05) is 30.7 Å². The van der Waals surface area contributed by atoms with Gasteiger partial charge < -0.3 is 9.30 Å². The van der Waals surface area contributed by atoms with Gasteiger partial charge in [-0.15, -0.1) is 0 Å². The zero-order chi connectivity index (χ0) is 12.8. The van der Waals surface area contributed by atoms with E-state index in [-0.39, 0.29) is 0 Å². The number of aromatic nitrogens is 2. The van der Waals surface area contributed by atoms with Gasteiger partial charge in [0.1, 0.15) is 12.4 Å². The Bertz CT molecular complexity index is 491. The molecule has 1 heterocycles. The number of rotatable bonds is 6. The first-order valence-corrected chi connectivity index (χ1v) is 6.54. The highest BCUT2D eigenvalue weighted by Gasteiger charge is 2.04. The zero-order valence-electron chi connectivity index (χ0n) is 11.1. The van der Waals surface area contributed by atoms with E-state index in [2.05, 4.69) is 29.5 Å². The van der Waals surface area contributed by atoms with Gasteiger partial charge in [-0.2, -0.15) is 0 Å². The Morgan fingerprint density at radius 2 is 2.06 bits per heavy atom. The number of ether oxygens (including phenoxy) is 1. The number of para-hydroxylation sites is 1. The van der Waals surface area contributed by atoms with E-state index in [0.717, 1.165) is 30.8 Å². The van der Waals surface area contributed by atoms with Gasteiger partial charge in [0.2, 0.25) is 0 Å². The number of aryl methyl sites for hydroxylation is 2. The van der Waals surface area contributed by atoms with Crippen molar-refractivity contribution in [2.45, 2.75) is 39.8 Å². The third kappa shape index (κ3) is 2.92. The molecule has 0 amide bonds. The lowest BCUT2D eigenvalue weighted by atomic mass is 10.1. The van der Waals surface area contributed by atoms with E-state index in [9.17, 15) is 0 Å². The fourth-order valence-corrected chi connectivity index (χ4v) is 2.00. The fraction of sp³-hybridized carbons (Fsp3) is 0.400. The molecule has 2 rings (SSSR count). The lowest BCUT2D eigenvalue weighted by Gasteiger charge is -2.11. The topological polar surface area (TPSA) is 27.1 Å². The normalized spacial score (nSPS) is 10.6. The summed E-state index contributed by atoms with van der Waals surface area (Å²) in [6.45, 7) is 5.88. The Balaban J connectivity index is 2.04. The monoisotopic (exact) mass is 244 g/mol. The number of hydrogen-bond donors (Lipinski definition) is 0. The Hall–Kier alpha value is -1.77. The van der Waals surface area contributed by atoms with Crippen LogP contribution in [0.5, 0.6) is 5.75 Å². The fourth-order valence-electron chi connectivity index (χ4n) is 2.00. The summed E-state index contributed by atoms with van der Waals surface area (Å²) in [6.07, 6.45) is 5.84. The second-order valence-electron chi connectivity index (χ2n) is 4.33. The molecular formula is C15H20N2O. The van der Waals surface area contributed by atoms with Crippen molar-refractivity contribution in [1.29, 1.82) is 0 Å². The van der Waals surface area contributed by atoms with Crippen LogP contribution in [-0.2, 0) is 19.6 Å². The van der Waals surface area contributed by atoms with Crippen molar-refractivity contribution in [2.75, 3.05) is 0 Å². The largest absolute Gasteiger partial charge is 0.487 e. The molecule has 0 aliphatic rings. The third-order valence-electron chi connectivity index (χ3n) is 2.99. The van der Waals surface area contributed by atoms with Crippen LogP contribution in [0.15, 0.2) is 36.8 Å². The Morgan fingerprint density at radius 1 is 1.22 bits per heavy atom. The number of hydrogen-bond acceptors (Lipinski definition) is 2. The van der Waals surface area contributed by atoms with Crippen molar-refractivity contribution < 1.29 is 4.74 Å². The Kier molecular flexibility index (Phi) is 4.40. The molecule has 0 atom stereocenters.